The normalized spacial score (nSPS) is 26.6. The molecule has 3 aromatic rings. The van der Waals surface area contributed by atoms with Crippen LogP contribution in [0.3, 0.4) is 0 Å². The van der Waals surface area contributed by atoms with E-state index in [1.54, 1.807) is 74.2 Å². The SMILES string of the molecule is C.CC1(C)OCC(C=O)O1.CC1(C)OCC([C@@H](O)[C@H](O)C2COC(C)(C)O2)O1.CC1(C)OCC([CH-]O)O1.CC1(C)OC[C@H](C(Cl)=NO)O1.CC1(C)OC[C@H](C=NO)O1.CN=C(Cl)[C@H]1COC(C)(C)O1.Cc1ccc(S)cc1.Cc1ccc(Sc2nc([C@H]3COC(C)(C)O3)ns2)cc1.Cl.NO.O=S(=O)=O.[Na+]. The number of thiol groups is 1. The molecule has 0 spiro atoms. The fourth-order valence-corrected chi connectivity index (χ4v) is 10.9. The molecule has 9 heterocycles. The molecule has 32 nitrogen and oxygen atoms in total. The molecule has 8 saturated heterocycles. The zero-order chi connectivity index (χ0) is 77.7. The summed E-state index contributed by atoms with van der Waals surface area (Å²) >= 11 is 18.4. The quantitative estimate of drug-likeness (QED) is 0.0188. The number of aldehydes is 1. The largest absolute Gasteiger partial charge is 1.00 e. The molecule has 0 radical (unpaired) electrons. The first-order chi connectivity index (χ1) is 47.3. The van der Waals surface area contributed by atoms with E-state index in [0.717, 1.165) is 28.0 Å². The zero-order valence-electron chi connectivity index (χ0n) is 62.3. The minimum atomic E-state index is -3.11. The molecule has 1 aromatic heterocycles. The van der Waals surface area contributed by atoms with Crippen LogP contribution in [0, 0.1) is 20.5 Å². The number of nitrogens with zero attached hydrogens (tertiary/aromatic N) is 5. The molecule has 8 aliphatic rings. The van der Waals surface area contributed by atoms with Crippen LogP contribution in [-0.2, 0) is 91.2 Å². The standard InChI is InChI=1S/C14H16N2O2S2.C12H22O6.C7H12ClNO2.C7H8S.C6H10ClNO3.C6H11NO3.C6H11O3.C6H10O3.CH4.ClH.H3NO.Na.O3S/c1-9-4-6-10(7-5-9)19-13-15-12(16-20-13)11-8-17-14(2,3)18-11;1-11(2)15-5-7(17-11)9(13)10(14)8-6-16-12(3,4)18-8;1-7(2)10-4-5(11-7)6(8)9-3;1-6-2-4-7(8)5-3-6;1-6(2)10-3-4(11-6)5(7)8-9;1-6(2)9-4-5(10-6)3-7-8;2*1-6(2)8-4-5(3-7)9-6;;;1-2;;1-4(2)3/h4-7,11H,8H2,1-3H3;7-10,13-14H,5-6H2,1-4H3;5H,4H2,1-3H3;2-5,8H,1H3;4,9H,3H2,1-2H3;3,5,8H,4H2,1-2H3;3,5,7H,4H2,1-2H3;3,5H,4H2,1-2H3;1H4;1H;2H,1H2;;/q;;;;;;-1;;;;;+1;/t11-;7?,8?,9-,10-;5-;;4-;5-;;;;;;;/m111.10......./s1. The van der Waals surface area contributed by atoms with Crippen molar-refractivity contribution in [1.29, 1.82) is 0 Å². The summed E-state index contributed by atoms with van der Waals surface area (Å²) in [6, 6.07) is 16.4. The molecule has 0 amide bonds. The Kier molecular flexibility index (Phi) is 49.0. The number of aliphatic hydroxyl groups excluding tert-OH is 3. The van der Waals surface area contributed by atoms with E-state index in [-0.39, 0.29) is 98.3 Å². The first kappa shape index (κ1) is 105. The van der Waals surface area contributed by atoms with Crippen LogP contribution in [0.4, 0.5) is 0 Å². The maximum atomic E-state index is 10.1. The molecule has 8 N–H and O–H groups in total. The Hall–Kier alpha value is -2.37. The fourth-order valence-electron chi connectivity index (χ4n) is 8.92. The van der Waals surface area contributed by atoms with Crippen molar-refractivity contribution in [2.75, 3.05) is 59.9 Å². The number of halogens is 3. The van der Waals surface area contributed by atoms with Gasteiger partial charge >= 0.3 is 40.2 Å². The second kappa shape index (κ2) is 49.2. The molecule has 4 unspecified atom stereocenters. The molecular weight excluding hydrogens is 1540 g/mol. The van der Waals surface area contributed by atoms with Gasteiger partial charge in [-0.2, -0.15) is 11.0 Å². The number of hydrogen-bond acceptors (Lipinski definition) is 35. The van der Waals surface area contributed by atoms with Gasteiger partial charge in [-0.1, -0.05) is 88.1 Å². The number of carbonyl (C=O) groups excluding carboxylic acids is 1. The van der Waals surface area contributed by atoms with Gasteiger partial charge in [-0.25, -0.2) is 10.9 Å². The second-order valence-electron chi connectivity index (χ2n) is 26.2. The number of aliphatic hydroxyl groups is 3. The van der Waals surface area contributed by atoms with Crippen LogP contribution in [0.1, 0.15) is 141 Å². The first-order valence-corrected chi connectivity index (χ1v) is 35.4. The van der Waals surface area contributed by atoms with Crippen molar-refractivity contribution < 1.29 is 154 Å². The molecule has 105 heavy (non-hydrogen) atoms. The van der Waals surface area contributed by atoms with E-state index in [1.807, 2.05) is 79.7 Å². The smallest absolute Gasteiger partial charge is 0.563 e. The van der Waals surface area contributed by atoms with E-state index < -0.39 is 87.4 Å². The van der Waals surface area contributed by atoms with Crippen molar-refractivity contribution in [1.82, 2.24) is 9.36 Å². The van der Waals surface area contributed by atoms with Crippen LogP contribution < -0.4 is 35.5 Å². The van der Waals surface area contributed by atoms with Gasteiger partial charge in [0.05, 0.1) is 59.1 Å². The van der Waals surface area contributed by atoms with E-state index in [0.29, 0.717) is 44.8 Å². The van der Waals surface area contributed by atoms with Gasteiger partial charge in [-0.15, -0.1) is 37.7 Å². The molecular formula is C65H108Cl3N6NaO26S4. The van der Waals surface area contributed by atoms with Gasteiger partial charge in [0.2, 0.25) is 0 Å². The van der Waals surface area contributed by atoms with Crippen LogP contribution in [0.5, 0.6) is 0 Å². The Bertz CT molecular complexity index is 3050. The summed E-state index contributed by atoms with van der Waals surface area (Å²) in [7, 11) is -1.48. The number of benzene rings is 2. The number of carbonyl (C=O) groups is 1. The summed E-state index contributed by atoms with van der Waals surface area (Å²) in [5, 5.41) is 57.7. The zero-order valence-corrected chi connectivity index (χ0v) is 70.0. The summed E-state index contributed by atoms with van der Waals surface area (Å²) in [4.78, 5) is 20.6. The number of hydrogen-bond donors (Lipinski definition) is 8. The van der Waals surface area contributed by atoms with Crippen LogP contribution >= 0.6 is 71.5 Å². The third-order valence-electron chi connectivity index (χ3n) is 13.7. The third kappa shape index (κ3) is 42.7. The number of rotatable bonds is 11. The molecule has 11 rings (SSSR count). The molecule has 600 valence electrons. The summed E-state index contributed by atoms with van der Waals surface area (Å²) < 4.78 is 116. The minimum absolute atomic E-state index is 0. The van der Waals surface area contributed by atoms with Gasteiger partial charge < -0.3 is 112 Å². The van der Waals surface area contributed by atoms with Gasteiger partial charge in [-0.05, 0) is 167 Å². The van der Waals surface area contributed by atoms with Gasteiger partial charge in [0.15, 0.2) is 67.9 Å². The van der Waals surface area contributed by atoms with Crippen molar-refractivity contribution in [3.8, 4) is 0 Å². The number of oxime groups is 2. The molecule has 0 bridgehead atoms. The third-order valence-corrected chi connectivity index (χ3v) is 16.5. The molecule has 0 aliphatic carbocycles. The number of nitrogens with two attached hydrogens (primary N) is 1. The average Bonchev–Trinajstić information content (AvgIpc) is 1.69. The van der Waals surface area contributed by atoms with Gasteiger partial charge in [0, 0.05) is 16.8 Å². The fraction of sp³-hybridized carbons (Fsp3) is 0.708. The summed E-state index contributed by atoms with van der Waals surface area (Å²) in [6.07, 6.45) is -2.75. The monoisotopic (exact) mass is 1640 g/mol. The molecule has 8 aliphatic heterocycles. The molecule has 8 fully saturated rings. The Morgan fingerprint density at radius 2 is 0.971 bits per heavy atom. The van der Waals surface area contributed by atoms with E-state index in [2.05, 4.69) is 81.3 Å². The van der Waals surface area contributed by atoms with Crippen LogP contribution in [0.2, 0.25) is 0 Å². The van der Waals surface area contributed by atoms with Gasteiger partial charge in [-0.3, -0.25) is 4.99 Å². The maximum Gasteiger partial charge on any atom is 1.00 e. The molecule has 10 atom stereocenters. The average molecular weight is 1650 g/mol. The van der Waals surface area contributed by atoms with E-state index in [4.69, 9.17) is 132 Å². The Morgan fingerprint density at radius 3 is 1.28 bits per heavy atom. The van der Waals surface area contributed by atoms with Crippen molar-refractivity contribution in [3.05, 3.63) is 72.1 Å². The second-order valence-corrected chi connectivity index (χ2v) is 29.9. The Morgan fingerprint density at radius 1 is 0.600 bits per heavy atom. The van der Waals surface area contributed by atoms with Crippen molar-refractivity contribution in [2.45, 2.75) is 254 Å². The van der Waals surface area contributed by atoms with E-state index in [1.165, 1.54) is 33.8 Å². The Balaban J connectivity index is 0. The maximum absolute atomic E-state index is 10.1. The topological polar surface area (TPSA) is 426 Å². The summed E-state index contributed by atoms with van der Waals surface area (Å²) in [5.41, 5.74) is 2.54. The van der Waals surface area contributed by atoms with Crippen molar-refractivity contribution >= 4 is 105 Å². The van der Waals surface area contributed by atoms with Crippen LogP contribution in [0.15, 0.2) is 78.0 Å². The number of aliphatic imine (C=N–C) groups is 1. The first-order valence-electron chi connectivity index (χ1n) is 31.6. The molecule has 0 saturated carbocycles. The predicted molar refractivity (Wildman–Crippen MR) is 390 cm³/mol. The number of aryl methyl sites for hydroxylation is 2. The molecule has 40 heteroatoms. The minimum Gasteiger partial charge on any atom is -0.563 e. The number of ether oxygens (including phenoxy) is 16. The number of aromatic nitrogens is 2. The van der Waals surface area contributed by atoms with Crippen LogP contribution in [-0.4, -0.2) is 237 Å². The van der Waals surface area contributed by atoms with Crippen molar-refractivity contribution in [2.24, 2.45) is 21.2 Å². The summed E-state index contributed by atoms with van der Waals surface area (Å²) in [6.45, 7) is 37.3. The predicted octanol–water partition coefficient (Wildman–Crippen LogP) is 6.69. The van der Waals surface area contributed by atoms with Crippen molar-refractivity contribution in [3.63, 3.8) is 0 Å². The van der Waals surface area contributed by atoms with E-state index >= 15 is 0 Å². The Labute approximate surface area is 669 Å². The molecule has 2 aromatic carbocycles. The summed E-state index contributed by atoms with van der Waals surface area (Å²) in [5.74, 6) is -0.544. The van der Waals surface area contributed by atoms with E-state index in [9.17, 15) is 15.0 Å². The van der Waals surface area contributed by atoms with Gasteiger partial charge in [0.1, 0.15) is 60.1 Å². The van der Waals surface area contributed by atoms with Gasteiger partial charge in [0.25, 0.3) is 0 Å². The van der Waals surface area contributed by atoms with Crippen LogP contribution in [0.25, 0.3) is 0 Å².